The van der Waals surface area contributed by atoms with Crippen molar-refractivity contribution in [1.29, 1.82) is 0 Å². The van der Waals surface area contributed by atoms with E-state index in [0.29, 0.717) is 50.4 Å². The number of aromatic nitrogens is 1. The minimum atomic E-state index is -0.672. The molecule has 0 spiro atoms. The smallest absolute Gasteiger partial charge is 0.227 e. The minimum absolute atomic E-state index is 0.0124. The van der Waals surface area contributed by atoms with Crippen molar-refractivity contribution in [2.75, 3.05) is 19.6 Å². The molecule has 3 rings (SSSR count). The molecule has 1 fully saturated rings. The molecular weight excluding hydrogens is 361 g/mol. The van der Waals surface area contributed by atoms with Gasteiger partial charge in [0.1, 0.15) is 17.3 Å². The highest BCUT2D eigenvalue weighted by atomic mass is 19.1. The van der Waals surface area contributed by atoms with Crippen molar-refractivity contribution in [2.24, 2.45) is 5.41 Å². The molecule has 0 saturated carbocycles. The fraction of sp³-hybridized carbons (Fsp3) is 0.381. The van der Waals surface area contributed by atoms with Gasteiger partial charge in [0.05, 0.1) is 5.41 Å². The Bertz CT molecular complexity index is 852. The number of rotatable bonds is 6. The SMILES string of the molecule is C=CCNC(=O)C1(Cc2cc(-c3ccc(F)cc3)no2)CCN(C(C)=O)CC1. The van der Waals surface area contributed by atoms with Gasteiger partial charge in [0.25, 0.3) is 0 Å². The van der Waals surface area contributed by atoms with E-state index in [1.54, 1.807) is 29.2 Å². The van der Waals surface area contributed by atoms with Crippen molar-refractivity contribution in [3.8, 4) is 11.3 Å². The lowest BCUT2D eigenvalue weighted by Crippen LogP contribution is -2.51. The quantitative estimate of drug-likeness (QED) is 0.776. The lowest BCUT2D eigenvalue weighted by molar-refractivity contribution is -0.139. The van der Waals surface area contributed by atoms with E-state index in [2.05, 4.69) is 17.1 Å². The zero-order valence-electron chi connectivity index (χ0n) is 15.9. The third kappa shape index (κ3) is 4.30. The number of halogens is 1. The summed E-state index contributed by atoms with van der Waals surface area (Å²) in [6.45, 7) is 6.61. The van der Waals surface area contributed by atoms with Crippen LogP contribution in [0.3, 0.4) is 0 Å². The number of piperidine rings is 1. The second-order valence-corrected chi connectivity index (χ2v) is 7.15. The number of carbonyl (C=O) groups excluding carboxylic acids is 2. The van der Waals surface area contributed by atoms with Crippen molar-refractivity contribution in [3.63, 3.8) is 0 Å². The first-order chi connectivity index (χ1) is 13.4. The molecule has 1 N–H and O–H groups in total. The number of hydrogen-bond acceptors (Lipinski definition) is 4. The molecule has 7 heteroatoms. The summed E-state index contributed by atoms with van der Waals surface area (Å²) in [6.07, 6.45) is 3.11. The van der Waals surface area contributed by atoms with Gasteiger partial charge in [-0.15, -0.1) is 6.58 Å². The van der Waals surface area contributed by atoms with Crippen LogP contribution >= 0.6 is 0 Å². The van der Waals surface area contributed by atoms with Gasteiger partial charge in [0.15, 0.2) is 0 Å². The monoisotopic (exact) mass is 385 g/mol. The van der Waals surface area contributed by atoms with Crippen molar-refractivity contribution in [1.82, 2.24) is 15.4 Å². The van der Waals surface area contributed by atoms with Gasteiger partial charge < -0.3 is 14.7 Å². The van der Waals surface area contributed by atoms with Crippen LogP contribution in [0.25, 0.3) is 11.3 Å². The lowest BCUT2D eigenvalue weighted by atomic mass is 9.74. The first-order valence-corrected chi connectivity index (χ1v) is 9.30. The normalized spacial score (nSPS) is 15.9. The fourth-order valence-electron chi connectivity index (χ4n) is 3.57. The second-order valence-electron chi connectivity index (χ2n) is 7.15. The second kappa shape index (κ2) is 8.37. The van der Waals surface area contributed by atoms with Crippen LogP contribution in [0.15, 0.2) is 47.5 Å². The van der Waals surface area contributed by atoms with Gasteiger partial charge in [-0.05, 0) is 37.1 Å². The minimum Gasteiger partial charge on any atom is -0.361 e. The van der Waals surface area contributed by atoms with Crippen molar-refractivity contribution >= 4 is 11.8 Å². The van der Waals surface area contributed by atoms with Gasteiger partial charge in [-0.3, -0.25) is 9.59 Å². The average molecular weight is 385 g/mol. The maximum absolute atomic E-state index is 13.1. The zero-order valence-corrected chi connectivity index (χ0v) is 15.9. The maximum Gasteiger partial charge on any atom is 0.227 e. The summed E-state index contributed by atoms with van der Waals surface area (Å²) >= 11 is 0. The van der Waals surface area contributed by atoms with Crippen LogP contribution < -0.4 is 5.32 Å². The average Bonchev–Trinajstić information content (AvgIpc) is 3.15. The van der Waals surface area contributed by atoms with E-state index in [-0.39, 0.29) is 17.6 Å². The molecule has 1 aliphatic heterocycles. The number of benzene rings is 1. The zero-order chi connectivity index (χ0) is 20.1. The molecule has 2 aromatic rings. The van der Waals surface area contributed by atoms with Gasteiger partial charge in [-0.25, -0.2) is 4.39 Å². The third-order valence-electron chi connectivity index (χ3n) is 5.27. The Labute approximate surface area is 163 Å². The topological polar surface area (TPSA) is 75.4 Å². The number of nitrogens with one attached hydrogen (secondary N) is 1. The van der Waals surface area contributed by atoms with E-state index in [9.17, 15) is 14.0 Å². The first-order valence-electron chi connectivity index (χ1n) is 9.30. The lowest BCUT2D eigenvalue weighted by Gasteiger charge is -2.39. The number of amides is 2. The Morgan fingerprint density at radius 1 is 1.32 bits per heavy atom. The number of likely N-dealkylation sites (tertiary alicyclic amines) is 1. The molecule has 28 heavy (non-hydrogen) atoms. The van der Waals surface area contributed by atoms with Crippen molar-refractivity contribution in [2.45, 2.75) is 26.2 Å². The van der Waals surface area contributed by atoms with Gasteiger partial charge in [0, 0.05) is 44.6 Å². The van der Waals surface area contributed by atoms with Gasteiger partial charge in [-0.2, -0.15) is 0 Å². The van der Waals surface area contributed by atoms with Crippen LogP contribution in [-0.2, 0) is 16.0 Å². The van der Waals surface area contributed by atoms with E-state index < -0.39 is 5.41 Å². The molecule has 0 aliphatic carbocycles. The largest absolute Gasteiger partial charge is 0.361 e. The summed E-state index contributed by atoms with van der Waals surface area (Å²) in [4.78, 5) is 26.3. The van der Waals surface area contributed by atoms with Crippen LogP contribution in [0, 0.1) is 11.2 Å². The summed E-state index contributed by atoms with van der Waals surface area (Å²) in [6, 6.07) is 7.79. The molecule has 0 unspecified atom stereocenters. The summed E-state index contributed by atoms with van der Waals surface area (Å²) in [5.41, 5.74) is 0.667. The van der Waals surface area contributed by atoms with E-state index in [1.807, 2.05) is 0 Å². The summed E-state index contributed by atoms with van der Waals surface area (Å²) in [5.74, 6) is 0.209. The Kier molecular flexibility index (Phi) is 5.92. The Morgan fingerprint density at radius 3 is 2.61 bits per heavy atom. The molecule has 0 bridgehead atoms. The number of carbonyl (C=O) groups is 2. The van der Waals surface area contributed by atoms with Crippen molar-refractivity contribution < 1.29 is 18.5 Å². The van der Waals surface area contributed by atoms with Crippen LogP contribution in [0.2, 0.25) is 0 Å². The van der Waals surface area contributed by atoms with E-state index >= 15 is 0 Å². The van der Waals surface area contributed by atoms with Gasteiger partial charge in [0.2, 0.25) is 11.8 Å². The highest BCUT2D eigenvalue weighted by Crippen LogP contribution is 2.36. The number of nitrogens with zero attached hydrogens (tertiary/aromatic N) is 2. The van der Waals surface area contributed by atoms with Crippen LogP contribution in [0.4, 0.5) is 4.39 Å². The molecule has 1 aromatic heterocycles. The molecule has 1 aliphatic rings. The molecular formula is C21H24FN3O3. The van der Waals surface area contributed by atoms with Gasteiger partial charge in [-0.1, -0.05) is 11.2 Å². The predicted molar refractivity (Wildman–Crippen MR) is 103 cm³/mol. The molecule has 0 radical (unpaired) electrons. The first kappa shape index (κ1) is 19.8. The van der Waals surface area contributed by atoms with Crippen LogP contribution in [0.5, 0.6) is 0 Å². The third-order valence-corrected chi connectivity index (χ3v) is 5.27. The molecule has 2 amide bonds. The summed E-state index contributed by atoms with van der Waals surface area (Å²) < 4.78 is 18.6. The molecule has 1 aromatic carbocycles. The standard InChI is InChI=1S/C21H24FN3O3/c1-3-10-23-20(27)21(8-11-25(12-9-21)15(2)26)14-18-13-19(24-28-18)16-4-6-17(22)7-5-16/h3-7,13H,1,8-12,14H2,2H3,(H,23,27). The highest BCUT2D eigenvalue weighted by Gasteiger charge is 2.42. The molecule has 0 atom stereocenters. The fourth-order valence-corrected chi connectivity index (χ4v) is 3.57. The Hall–Kier alpha value is -2.96. The van der Waals surface area contributed by atoms with E-state index in [4.69, 9.17) is 4.52 Å². The number of hydrogen-bond donors (Lipinski definition) is 1. The predicted octanol–water partition coefficient (Wildman–Crippen LogP) is 2.95. The van der Waals surface area contributed by atoms with Crippen molar-refractivity contribution in [3.05, 3.63) is 54.6 Å². The van der Waals surface area contributed by atoms with E-state index in [1.165, 1.54) is 19.1 Å². The Morgan fingerprint density at radius 2 is 2.00 bits per heavy atom. The van der Waals surface area contributed by atoms with E-state index in [0.717, 1.165) is 5.56 Å². The molecule has 148 valence electrons. The molecule has 1 saturated heterocycles. The molecule has 6 nitrogen and oxygen atoms in total. The summed E-state index contributed by atoms with van der Waals surface area (Å²) in [7, 11) is 0. The molecule has 2 heterocycles. The van der Waals surface area contributed by atoms with Crippen LogP contribution in [0.1, 0.15) is 25.5 Å². The Balaban J connectivity index is 1.80. The maximum atomic E-state index is 13.1. The summed E-state index contributed by atoms with van der Waals surface area (Å²) in [5, 5.41) is 6.96. The van der Waals surface area contributed by atoms with Crippen LogP contribution in [-0.4, -0.2) is 41.5 Å². The highest BCUT2D eigenvalue weighted by molar-refractivity contribution is 5.83. The van der Waals surface area contributed by atoms with Gasteiger partial charge >= 0.3 is 0 Å².